The summed E-state index contributed by atoms with van der Waals surface area (Å²) in [6, 6.07) is 0.389. The molecule has 1 atom stereocenters. The molecular weight excluding hydrogens is 216 g/mol. The average Bonchev–Trinajstić information content (AvgIpc) is 2.38. The quantitative estimate of drug-likeness (QED) is 0.809. The number of nitrogens with zero attached hydrogens (tertiary/aromatic N) is 2. The SMILES string of the molecule is CCCN(c1ncc[nH]c1=O)C1CCCNC1. The second-order valence-corrected chi connectivity index (χ2v) is 4.44. The molecule has 0 spiro atoms. The first kappa shape index (κ1) is 12.1. The van der Waals surface area contributed by atoms with Gasteiger partial charge in [-0.1, -0.05) is 6.92 Å². The van der Waals surface area contributed by atoms with Gasteiger partial charge in [0.25, 0.3) is 5.56 Å². The Labute approximate surface area is 101 Å². The highest BCUT2D eigenvalue weighted by Gasteiger charge is 2.23. The van der Waals surface area contributed by atoms with E-state index in [0.717, 1.165) is 38.9 Å². The van der Waals surface area contributed by atoms with Gasteiger partial charge in [0.15, 0.2) is 5.82 Å². The number of aromatic amines is 1. The highest BCUT2D eigenvalue weighted by molar-refractivity contribution is 5.37. The number of nitrogens with one attached hydrogen (secondary N) is 2. The average molecular weight is 236 g/mol. The van der Waals surface area contributed by atoms with Crippen LogP contribution in [0, 0.1) is 0 Å². The van der Waals surface area contributed by atoms with Crippen molar-refractivity contribution < 1.29 is 0 Å². The molecule has 17 heavy (non-hydrogen) atoms. The Morgan fingerprint density at radius 1 is 1.59 bits per heavy atom. The van der Waals surface area contributed by atoms with Gasteiger partial charge in [-0.05, 0) is 25.8 Å². The molecular formula is C12H20N4O. The third-order valence-corrected chi connectivity index (χ3v) is 3.14. The van der Waals surface area contributed by atoms with Crippen LogP contribution in [0.15, 0.2) is 17.2 Å². The van der Waals surface area contributed by atoms with Crippen molar-refractivity contribution in [3.8, 4) is 0 Å². The maximum atomic E-state index is 11.8. The molecule has 0 aromatic carbocycles. The predicted octanol–water partition coefficient (Wildman–Crippen LogP) is 0.738. The van der Waals surface area contributed by atoms with E-state index in [2.05, 4.69) is 27.1 Å². The van der Waals surface area contributed by atoms with Crippen molar-refractivity contribution in [2.24, 2.45) is 0 Å². The number of H-pyrrole nitrogens is 1. The summed E-state index contributed by atoms with van der Waals surface area (Å²) in [4.78, 5) is 20.9. The Kier molecular flexibility index (Phi) is 4.14. The lowest BCUT2D eigenvalue weighted by Crippen LogP contribution is -2.48. The molecule has 1 saturated heterocycles. The number of piperidine rings is 1. The fraction of sp³-hybridized carbons (Fsp3) is 0.667. The van der Waals surface area contributed by atoms with Crippen molar-refractivity contribution in [1.82, 2.24) is 15.3 Å². The highest BCUT2D eigenvalue weighted by Crippen LogP contribution is 2.15. The number of hydrogen-bond acceptors (Lipinski definition) is 4. The van der Waals surface area contributed by atoms with Crippen molar-refractivity contribution in [2.75, 3.05) is 24.5 Å². The van der Waals surface area contributed by atoms with Gasteiger partial charge in [-0.25, -0.2) is 4.98 Å². The molecule has 5 heteroatoms. The van der Waals surface area contributed by atoms with Gasteiger partial charge in [0.1, 0.15) is 0 Å². The minimum Gasteiger partial charge on any atom is -0.348 e. The largest absolute Gasteiger partial charge is 0.348 e. The summed E-state index contributed by atoms with van der Waals surface area (Å²) in [5, 5.41) is 3.38. The lowest BCUT2D eigenvalue weighted by Gasteiger charge is -2.34. The highest BCUT2D eigenvalue weighted by atomic mass is 16.1. The molecule has 1 unspecified atom stereocenters. The fourth-order valence-electron chi connectivity index (χ4n) is 2.35. The number of hydrogen-bond donors (Lipinski definition) is 2. The van der Waals surface area contributed by atoms with E-state index in [4.69, 9.17) is 0 Å². The van der Waals surface area contributed by atoms with Gasteiger partial charge in [0.2, 0.25) is 0 Å². The lowest BCUT2D eigenvalue weighted by atomic mass is 10.1. The second kappa shape index (κ2) is 5.82. The Morgan fingerprint density at radius 3 is 3.12 bits per heavy atom. The number of aromatic nitrogens is 2. The predicted molar refractivity (Wildman–Crippen MR) is 68.4 cm³/mol. The minimum absolute atomic E-state index is 0.0912. The first-order valence-corrected chi connectivity index (χ1v) is 6.34. The molecule has 94 valence electrons. The fourth-order valence-corrected chi connectivity index (χ4v) is 2.35. The van der Waals surface area contributed by atoms with Gasteiger partial charge in [-0.3, -0.25) is 4.79 Å². The van der Waals surface area contributed by atoms with Crippen LogP contribution in [0.1, 0.15) is 26.2 Å². The van der Waals surface area contributed by atoms with Crippen molar-refractivity contribution in [3.05, 3.63) is 22.7 Å². The molecule has 2 rings (SSSR count). The molecule has 0 aliphatic carbocycles. The number of rotatable bonds is 4. The summed E-state index contributed by atoms with van der Waals surface area (Å²) >= 11 is 0. The Morgan fingerprint density at radius 2 is 2.47 bits per heavy atom. The zero-order valence-electron chi connectivity index (χ0n) is 10.3. The molecule has 1 aromatic rings. The van der Waals surface area contributed by atoms with E-state index in [1.54, 1.807) is 12.4 Å². The van der Waals surface area contributed by atoms with Crippen LogP contribution in [-0.4, -0.2) is 35.6 Å². The van der Waals surface area contributed by atoms with E-state index < -0.39 is 0 Å². The molecule has 5 nitrogen and oxygen atoms in total. The normalized spacial score (nSPS) is 20.2. The summed E-state index contributed by atoms with van der Waals surface area (Å²) in [5.74, 6) is 0.558. The van der Waals surface area contributed by atoms with Crippen LogP contribution in [0.4, 0.5) is 5.82 Å². The summed E-state index contributed by atoms with van der Waals surface area (Å²) < 4.78 is 0. The van der Waals surface area contributed by atoms with Gasteiger partial charge < -0.3 is 15.2 Å². The molecule has 2 heterocycles. The van der Waals surface area contributed by atoms with E-state index in [9.17, 15) is 4.79 Å². The monoisotopic (exact) mass is 236 g/mol. The number of anilines is 1. The van der Waals surface area contributed by atoms with Crippen LogP contribution >= 0.6 is 0 Å². The molecule has 0 bridgehead atoms. The molecule has 0 saturated carbocycles. The molecule has 2 N–H and O–H groups in total. The second-order valence-electron chi connectivity index (χ2n) is 4.44. The topological polar surface area (TPSA) is 61.0 Å². The van der Waals surface area contributed by atoms with E-state index in [1.165, 1.54) is 0 Å². The van der Waals surface area contributed by atoms with Crippen LogP contribution in [-0.2, 0) is 0 Å². The van der Waals surface area contributed by atoms with Crippen molar-refractivity contribution in [1.29, 1.82) is 0 Å². The van der Waals surface area contributed by atoms with Gasteiger partial charge >= 0.3 is 0 Å². The Bertz CT molecular complexity index is 397. The zero-order valence-corrected chi connectivity index (χ0v) is 10.3. The van der Waals surface area contributed by atoms with E-state index >= 15 is 0 Å². The smallest absolute Gasteiger partial charge is 0.290 e. The molecule has 1 aromatic heterocycles. The van der Waals surface area contributed by atoms with E-state index in [1.807, 2.05) is 0 Å². The molecule has 0 amide bonds. The maximum Gasteiger partial charge on any atom is 0.290 e. The molecule has 1 fully saturated rings. The van der Waals surface area contributed by atoms with Crippen molar-refractivity contribution in [3.63, 3.8) is 0 Å². The van der Waals surface area contributed by atoms with Crippen molar-refractivity contribution >= 4 is 5.82 Å². The first-order valence-electron chi connectivity index (χ1n) is 6.34. The summed E-state index contributed by atoms with van der Waals surface area (Å²) in [7, 11) is 0. The summed E-state index contributed by atoms with van der Waals surface area (Å²) in [6.45, 7) is 5.03. The van der Waals surface area contributed by atoms with Gasteiger partial charge in [0, 0.05) is 31.5 Å². The van der Waals surface area contributed by atoms with Crippen LogP contribution in [0.5, 0.6) is 0 Å². The van der Waals surface area contributed by atoms with Crippen LogP contribution in [0.2, 0.25) is 0 Å². The van der Waals surface area contributed by atoms with Crippen molar-refractivity contribution in [2.45, 2.75) is 32.2 Å². The summed E-state index contributed by atoms with van der Waals surface area (Å²) in [5.41, 5.74) is -0.0912. The van der Waals surface area contributed by atoms with E-state index in [-0.39, 0.29) is 5.56 Å². The van der Waals surface area contributed by atoms with Gasteiger partial charge in [0.05, 0.1) is 0 Å². The van der Waals surface area contributed by atoms with Crippen LogP contribution < -0.4 is 15.8 Å². The zero-order chi connectivity index (χ0) is 12.1. The molecule has 0 radical (unpaired) electrons. The Hall–Kier alpha value is -1.36. The third kappa shape index (κ3) is 2.85. The summed E-state index contributed by atoms with van der Waals surface area (Å²) in [6.07, 6.45) is 6.54. The standard InChI is InChI=1S/C12H20N4O/c1-2-8-16(10-4-3-5-13-9-10)11-12(17)15-7-6-14-11/h6-7,10,13H,2-5,8-9H2,1H3,(H,15,17). The van der Waals surface area contributed by atoms with Crippen LogP contribution in [0.3, 0.4) is 0 Å². The minimum atomic E-state index is -0.0912. The maximum absolute atomic E-state index is 11.8. The third-order valence-electron chi connectivity index (χ3n) is 3.14. The first-order chi connectivity index (χ1) is 8.33. The molecule has 1 aliphatic rings. The van der Waals surface area contributed by atoms with E-state index in [0.29, 0.717) is 11.9 Å². The lowest BCUT2D eigenvalue weighted by molar-refractivity contribution is 0.428. The Balaban J connectivity index is 2.21. The van der Waals surface area contributed by atoms with Crippen LogP contribution in [0.25, 0.3) is 0 Å². The van der Waals surface area contributed by atoms with Gasteiger partial charge in [-0.15, -0.1) is 0 Å². The van der Waals surface area contributed by atoms with Gasteiger partial charge in [-0.2, -0.15) is 0 Å². The molecule has 1 aliphatic heterocycles.